The summed E-state index contributed by atoms with van der Waals surface area (Å²) in [7, 11) is 0. The third kappa shape index (κ3) is 7.54. The second-order valence-corrected chi connectivity index (χ2v) is 18.1. The van der Waals surface area contributed by atoms with Crippen LogP contribution in [0.25, 0.3) is 98.8 Å². The third-order valence-corrected chi connectivity index (χ3v) is 13.9. The maximum atomic E-state index is 2.77. The number of benzene rings is 7. The Morgan fingerprint density at radius 1 is 0.286 bits per heavy atom. The highest BCUT2D eigenvalue weighted by molar-refractivity contribution is 6.40. The van der Waals surface area contributed by atoms with Crippen molar-refractivity contribution in [3.8, 4) is 33.4 Å². The molecular weight excluding hydrogens is 763 g/mol. The van der Waals surface area contributed by atoms with Gasteiger partial charge in [0.15, 0.2) is 0 Å². The summed E-state index contributed by atoms with van der Waals surface area (Å²) in [6.45, 7) is 9.99. The van der Waals surface area contributed by atoms with Crippen molar-refractivity contribution in [2.24, 2.45) is 0 Å². The van der Waals surface area contributed by atoms with E-state index in [1.165, 1.54) is 157 Å². The Hall–Kier alpha value is -6.06. The molecule has 0 saturated heterocycles. The monoisotopic (exact) mass is 826 g/mol. The lowest BCUT2D eigenvalue weighted by Crippen LogP contribution is -2.01. The van der Waals surface area contributed by atoms with Gasteiger partial charge in [-0.2, -0.15) is 0 Å². The number of nitrogens with zero attached hydrogens (tertiary/aromatic N) is 3. The molecule has 0 amide bonds. The molecule has 7 aromatic carbocycles. The molecule has 0 aliphatic carbocycles. The number of hydrogen-bond donors (Lipinski definition) is 0. The van der Waals surface area contributed by atoms with Gasteiger partial charge in [0.05, 0.1) is 16.6 Å². The Bertz CT molecular complexity index is 2790. The van der Waals surface area contributed by atoms with Gasteiger partial charge in [-0.25, -0.2) is 0 Å². The summed E-state index contributed by atoms with van der Waals surface area (Å²) in [6.07, 6.45) is 14.7. The lowest BCUT2D eigenvalue weighted by Gasteiger charge is -2.13. The first-order valence-corrected chi connectivity index (χ1v) is 24.4. The molecule has 0 aliphatic rings. The average molecular weight is 826 g/mol. The Morgan fingerprint density at radius 2 is 0.571 bits per heavy atom. The summed E-state index contributed by atoms with van der Waals surface area (Å²) < 4.78 is 8.30. The van der Waals surface area contributed by atoms with Gasteiger partial charge in [0.1, 0.15) is 0 Å². The second-order valence-electron chi connectivity index (χ2n) is 18.1. The van der Waals surface area contributed by atoms with Crippen LogP contribution in [0.5, 0.6) is 0 Å². The topological polar surface area (TPSA) is 14.8 Å². The van der Waals surface area contributed by atoms with Crippen LogP contribution in [-0.4, -0.2) is 13.7 Å². The Labute approximate surface area is 374 Å². The maximum Gasteiger partial charge on any atom is 0.0614 e. The minimum atomic E-state index is 1.00. The van der Waals surface area contributed by atoms with Crippen molar-refractivity contribution in [3.63, 3.8) is 0 Å². The SMILES string of the molecule is CCCCCCn1c2ccc(-c3ccccc3)cc2c2c1c1c3cc(-c4ccccc4)ccc3n(CCCCCC)c1c1c3cc(-c4ccccc4)ccc3n(CCCCCC)c21. The molecule has 3 aromatic heterocycles. The van der Waals surface area contributed by atoms with Crippen LogP contribution in [0, 0.1) is 0 Å². The van der Waals surface area contributed by atoms with E-state index in [-0.39, 0.29) is 0 Å². The van der Waals surface area contributed by atoms with E-state index in [1.54, 1.807) is 0 Å². The van der Waals surface area contributed by atoms with Crippen LogP contribution < -0.4 is 0 Å². The van der Waals surface area contributed by atoms with Crippen molar-refractivity contribution < 1.29 is 0 Å². The molecule has 0 spiro atoms. The van der Waals surface area contributed by atoms with E-state index in [0.29, 0.717) is 0 Å². The molecule has 0 aliphatic heterocycles. The average Bonchev–Trinajstić information content (AvgIpc) is 3.95. The number of aryl methyl sites for hydroxylation is 3. The van der Waals surface area contributed by atoms with E-state index in [0.717, 1.165) is 38.9 Å². The third-order valence-electron chi connectivity index (χ3n) is 13.9. The fourth-order valence-corrected chi connectivity index (χ4v) is 10.8. The zero-order valence-electron chi connectivity index (χ0n) is 37.8. The largest absolute Gasteiger partial charge is 0.340 e. The van der Waals surface area contributed by atoms with Crippen molar-refractivity contribution in [2.75, 3.05) is 0 Å². The summed E-state index contributed by atoms with van der Waals surface area (Å²) in [5, 5.41) is 8.38. The summed E-state index contributed by atoms with van der Waals surface area (Å²) in [5.74, 6) is 0. The fourth-order valence-electron chi connectivity index (χ4n) is 10.8. The molecule has 3 heterocycles. The van der Waals surface area contributed by atoms with Crippen molar-refractivity contribution in [1.82, 2.24) is 13.7 Å². The predicted molar refractivity (Wildman–Crippen MR) is 274 cm³/mol. The van der Waals surface area contributed by atoms with Gasteiger partial charge in [-0.1, -0.05) is 188 Å². The number of hydrogen-bond acceptors (Lipinski definition) is 0. The first-order chi connectivity index (χ1) is 31.2. The van der Waals surface area contributed by atoms with Gasteiger partial charge in [0, 0.05) is 68.5 Å². The molecule has 3 heteroatoms. The standard InChI is InChI=1S/C60H63N3/c1-4-7-10-22-37-61-52-34-31-46(43-25-16-13-17-26-43)40-49(52)55-58(61)56-50-41-47(44-27-18-14-19-28-44)32-35-53(50)62(38-23-11-8-5-2)60(56)57-51-42-48(45-29-20-15-21-30-45)33-36-54(51)63(59(55)57)39-24-12-9-6-3/h13-21,25-36,40-42H,4-12,22-24,37-39H2,1-3H3. The molecule has 0 bridgehead atoms. The second kappa shape index (κ2) is 18.3. The highest BCUT2D eigenvalue weighted by Crippen LogP contribution is 2.50. The van der Waals surface area contributed by atoms with E-state index in [1.807, 2.05) is 0 Å². The quantitative estimate of drug-likeness (QED) is 0.0766. The molecule has 63 heavy (non-hydrogen) atoms. The smallest absolute Gasteiger partial charge is 0.0614 e. The Kier molecular flexibility index (Phi) is 11.9. The zero-order valence-corrected chi connectivity index (χ0v) is 37.8. The van der Waals surface area contributed by atoms with E-state index in [4.69, 9.17) is 0 Å². The van der Waals surface area contributed by atoms with Crippen LogP contribution >= 0.6 is 0 Å². The minimum Gasteiger partial charge on any atom is -0.340 e. The number of aromatic nitrogens is 3. The molecular formula is C60H63N3. The minimum absolute atomic E-state index is 1.00. The van der Waals surface area contributed by atoms with Crippen molar-refractivity contribution in [1.29, 1.82) is 0 Å². The van der Waals surface area contributed by atoms with Gasteiger partial charge in [-0.15, -0.1) is 0 Å². The summed E-state index contributed by atoms with van der Waals surface area (Å²) in [4.78, 5) is 0. The highest BCUT2D eigenvalue weighted by Gasteiger charge is 2.28. The zero-order chi connectivity index (χ0) is 42.7. The normalized spacial score (nSPS) is 12.0. The highest BCUT2D eigenvalue weighted by atomic mass is 15.0. The number of rotatable bonds is 18. The van der Waals surface area contributed by atoms with Crippen LogP contribution in [0.3, 0.4) is 0 Å². The van der Waals surface area contributed by atoms with Crippen molar-refractivity contribution >= 4 is 65.4 Å². The van der Waals surface area contributed by atoms with Gasteiger partial charge in [0.25, 0.3) is 0 Å². The van der Waals surface area contributed by atoms with Gasteiger partial charge in [-0.05, 0) is 89.0 Å². The lowest BCUT2D eigenvalue weighted by atomic mass is 9.97. The molecule has 0 fully saturated rings. The molecule has 10 aromatic rings. The number of unbranched alkanes of at least 4 members (excludes halogenated alkanes) is 9. The molecule has 3 nitrogen and oxygen atoms in total. The van der Waals surface area contributed by atoms with Gasteiger partial charge >= 0.3 is 0 Å². The molecule has 0 radical (unpaired) electrons. The van der Waals surface area contributed by atoms with Crippen LogP contribution in [0.15, 0.2) is 146 Å². The molecule has 0 saturated carbocycles. The maximum absolute atomic E-state index is 2.77. The summed E-state index contributed by atoms with van der Waals surface area (Å²) >= 11 is 0. The summed E-state index contributed by atoms with van der Waals surface area (Å²) in [5.41, 5.74) is 15.9. The first-order valence-electron chi connectivity index (χ1n) is 24.4. The predicted octanol–water partition coefficient (Wildman–Crippen LogP) is 17.8. The van der Waals surface area contributed by atoms with Crippen LogP contribution in [0.1, 0.15) is 97.8 Å². The molecule has 318 valence electrons. The van der Waals surface area contributed by atoms with Gasteiger partial charge < -0.3 is 13.7 Å². The van der Waals surface area contributed by atoms with Gasteiger partial charge in [0.2, 0.25) is 0 Å². The fraction of sp³-hybridized carbons (Fsp3) is 0.300. The molecule has 0 unspecified atom stereocenters. The van der Waals surface area contributed by atoms with Crippen LogP contribution in [0.4, 0.5) is 0 Å². The van der Waals surface area contributed by atoms with E-state index < -0.39 is 0 Å². The van der Waals surface area contributed by atoms with E-state index in [9.17, 15) is 0 Å². The first kappa shape index (κ1) is 41.0. The lowest BCUT2D eigenvalue weighted by molar-refractivity contribution is 0.600. The van der Waals surface area contributed by atoms with E-state index in [2.05, 4.69) is 180 Å². The molecule has 10 rings (SSSR count). The van der Waals surface area contributed by atoms with Crippen molar-refractivity contribution in [3.05, 3.63) is 146 Å². The number of fused-ring (bicyclic) bond motifs is 12. The van der Waals surface area contributed by atoms with Crippen molar-refractivity contribution in [2.45, 2.75) is 117 Å². The molecule has 0 N–H and O–H groups in total. The Morgan fingerprint density at radius 3 is 0.841 bits per heavy atom. The van der Waals surface area contributed by atoms with Crippen LogP contribution in [0.2, 0.25) is 0 Å². The van der Waals surface area contributed by atoms with Gasteiger partial charge in [-0.3, -0.25) is 0 Å². The van der Waals surface area contributed by atoms with E-state index >= 15 is 0 Å². The summed E-state index contributed by atoms with van der Waals surface area (Å²) in [6, 6.07) is 55.2. The molecule has 0 atom stereocenters. The Balaban J connectivity index is 1.42. The van der Waals surface area contributed by atoms with Crippen LogP contribution in [-0.2, 0) is 19.6 Å².